The van der Waals surface area contributed by atoms with Gasteiger partial charge < -0.3 is 5.73 Å². The summed E-state index contributed by atoms with van der Waals surface area (Å²) in [6.45, 7) is 0. The molecular formula is C9H7ClF6N2O2. The van der Waals surface area contributed by atoms with Gasteiger partial charge in [0.25, 0.3) is 5.69 Å². The minimum absolute atomic E-state index is 0. The summed E-state index contributed by atoms with van der Waals surface area (Å²) in [6, 6.07) is -1.80. The molecule has 0 radical (unpaired) electrons. The molecule has 114 valence electrons. The van der Waals surface area contributed by atoms with E-state index in [-0.39, 0.29) is 18.5 Å². The zero-order chi connectivity index (χ0) is 15.0. The molecule has 0 aliphatic rings. The van der Waals surface area contributed by atoms with E-state index in [1.54, 1.807) is 0 Å². The fourth-order valence-electron chi connectivity index (χ4n) is 1.25. The first-order valence-corrected chi connectivity index (χ1v) is 4.62. The van der Waals surface area contributed by atoms with Crippen LogP contribution in [0.5, 0.6) is 0 Å². The first kappa shape index (κ1) is 18.4. The van der Waals surface area contributed by atoms with Gasteiger partial charge in [-0.05, 0) is 6.07 Å². The van der Waals surface area contributed by atoms with Crippen LogP contribution in [0, 0.1) is 15.9 Å². The highest BCUT2D eigenvalue weighted by atomic mass is 35.5. The lowest BCUT2D eigenvalue weighted by atomic mass is 10.00. The molecule has 0 heterocycles. The number of alkyl halides is 5. The molecule has 0 bridgehead atoms. The number of benzene rings is 1. The smallest absolute Gasteiger partial charge is 0.319 e. The molecular weight excluding hydrogens is 318 g/mol. The first-order valence-electron chi connectivity index (χ1n) is 4.62. The standard InChI is InChI=1S/C9H6F6N2O2.ClH/c10-6-2-1-4(17(18)19)3-5(6)7(16)8(11,12)9(13,14)15;/h1-3,7H,16H2;1H/t7-;/m1./s1. The Kier molecular flexibility index (Phi) is 5.38. The van der Waals surface area contributed by atoms with E-state index >= 15 is 0 Å². The molecule has 0 aromatic heterocycles. The molecule has 0 amide bonds. The van der Waals surface area contributed by atoms with Crippen LogP contribution in [-0.4, -0.2) is 17.0 Å². The average molecular weight is 325 g/mol. The number of hydrogen-bond donors (Lipinski definition) is 1. The second-order valence-corrected chi connectivity index (χ2v) is 3.56. The number of non-ortho nitro benzene ring substituents is 1. The second kappa shape index (κ2) is 5.83. The maximum atomic E-state index is 13.2. The van der Waals surface area contributed by atoms with Gasteiger partial charge in [-0.25, -0.2) is 4.39 Å². The van der Waals surface area contributed by atoms with E-state index in [9.17, 15) is 36.5 Å². The van der Waals surface area contributed by atoms with Gasteiger partial charge in [0.05, 0.1) is 4.92 Å². The zero-order valence-corrected chi connectivity index (χ0v) is 10.1. The number of nitro benzene ring substituents is 1. The van der Waals surface area contributed by atoms with E-state index in [2.05, 4.69) is 0 Å². The lowest BCUT2D eigenvalue weighted by molar-refractivity contribution is -0.385. The Morgan fingerprint density at radius 3 is 2.10 bits per heavy atom. The Balaban J connectivity index is 0.00000361. The van der Waals surface area contributed by atoms with Crippen molar-refractivity contribution in [3.05, 3.63) is 39.7 Å². The molecule has 2 N–H and O–H groups in total. The van der Waals surface area contributed by atoms with Crippen molar-refractivity contribution in [2.24, 2.45) is 5.73 Å². The normalized spacial score (nSPS) is 13.6. The van der Waals surface area contributed by atoms with Gasteiger partial charge in [0, 0.05) is 17.7 Å². The van der Waals surface area contributed by atoms with Gasteiger partial charge in [-0.1, -0.05) is 0 Å². The minimum Gasteiger partial charge on any atom is -0.319 e. The minimum atomic E-state index is -6.00. The van der Waals surface area contributed by atoms with Crippen LogP contribution in [-0.2, 0) is 0 Å². The third kappa shape index (κ3) is 3.31. The van der Waals surface area contributed by atoms with Crippen LogP contribution >= 0.6 is 12.4 Å². The van der Waals surface area contributed by atoms with Crippen molar-refractivity contribution in [1.82, 2.24) is 0 Å². The highest BCUT2D eigenvalue weighted by molar-refractivity contribution is 5.85. The van der Waals surface area contributed by atoms with Crippen LogP contribution < -0.4 is 5.73 Å². The maximum absolute atomic E-state index is 13.2. The predicted molar refractivity (Wildman–Crippen MR) is 58.2 cm³/mol. The van der Waals surface area contributed by atoms with Crippen molar-refractivity contribution >= 4 is 18.1 Å². The largest absolute Gasteiger partial charge is 0.455 e. The van der Waals surface area contributed by atoms with Gasteiger partial charge in [0.15, 0.2) is 0 Å². The van der Waals surface area contributed by atoms with Crippen LogP contribution in [0.2, 0.25) is 0 Å². The summed E-state index contributed by atoms with van der Waals surface area (Å²) in [7, 11) is 0. The van der Waals surface area contributed by atoms with Crippen molar-refractivity contribution in [2.45, 2.75) is 18.1 Å². The van der Waals surface area contributed by atoms with E-state index in [0.717, 1.165) is 0 Å². The number of nitrogens with two attached hydrogens (primary N) is 1. The molecule has 0 unspecified atom stereocenters. The summed E-state index contributed by atoms with van der Waals surface area (Å²) in [5, 5.41) is 10.4. The summed E-state index contributed by atoms with van der Waals surface area (Å²) >= 11 is 0. The molecule has 0 saturated carbocycles. The van der Waals surface area contributed by atoms with Crippen molar-refractivity contribution < 1.29 is 31.3 Å². The fraction of sp³-hybridized carbons (Fsp3) is 0.333. The third-order valence-electron chi connectivity index (χ3n) is 2.29. The molecule has 1 aromatic carbocycles. The van der Waals surface area contributed by atoms with Crippen molar-refractivity contribution in [3.8, 4) is 0 Å². The highest BCUT2D eigenvalue weighted by Crippen LogP contribution is 2.44. The van der Waals surface area contributed by atoms with Crippen molar-refractivity contribution in [2.75, 3.05) is 0 Å². The van der Waals surface area contributed by atoms with Crippen LogP contribution in [0.1, 0.15) is 11.6 Å². The topological polar surface area (TPSA) is 69.2 Å². The molecule has 1 aromatic rings. The monoisotopic (exact) mass is 324 g/mol. The number of hydrogen-bond acceptors (Lipinski definition) is 3. The third-order valence-corrected chi connectivity index (χ3v) is 2.29. The Labute approximate surface area is 114 Å². The van der Waals surface area contributed by atoms with Crippen LogP contribution in [0.3, 0.4) is 0 Å². The molecule has 1 atom stereocenters. The highest BCUT2D eigenvalue weighted by Gasteiger charge is 2.62. The van der Waals surface area contributed by atoms with Gasteiger partial charge in [0.1, 0.15) is 11.9 Å². The molecule has 0 spiro atoms. The summed E-state index contributed by atoms with van der Waals surface area (Å²) in [4.78, 5) is 9.30. The quantitative estimate of drug-likeness (QED) is 0.526. The summed E-state index contributed by atoms with van der Waals surface area (Å²) in [6.07, 6.45) is -6.00. The molecule has 0 aliphatic carbocycles. The molecule has 1 rings (SSSR count). The van der Waals surface area contributed by atoms with Crippen molar-refractivity contribution in [1.29, 1.82) is 0 Å². The number of halogens is 7. The van der Waals surface area contributed by atoms with E-state index in [1.807, 2.05) is 0 Å². The lowest BCUT2D eigenvalue weighted by Crippen LogP contribution is -2.46. The number of nitrogens with zero attached hydrogens (tertiary/aromatic N) is 1. The Hall–Kier alpha value is -1.55. The zero-order valence-electron chi connectivity index (χ0n) is 9.33. The van der Waals surface area contributed by atoms with E-state index in [4.69, 9.17) is 5.73 Å². The molecule has 0 aliphatic heterocycles. The Bertz CT molecular complexity index is 508. The van der Waals surface area contributed by atoms with Gasteiger partial charge >= 0.3 is 12.1 Å². The average Bonchev–Trinajstić information content (AvgIpc) is 2.26. The number of rotatable bonds is 3. The molecule has 0 fully saturated rings. The molecule has 20 heavy (non-hydrogen) atoms. The number of nitro groups is 1. The Morgan fingerprint density at radius 1 is 1.20 bits per heavy atom. The fourth-order valence-corrected chi connectivity index (χ4v) is 1.25. The van der Waals surface area contributed by atoms with Crippen molar-refractivity contribution in [3.63, 3.8) is 0 Å². The molecule has 0 saturated heterocycles. The molecule has 11 heteroatoms. The Morgan fingerprint density at radius 2 is 1.70 bits per heavy atom. The van der Waals surface area contributed by atoms with Gasteiger partial charge in [-0.15, -0.1) is 12.4 Å². The van der Waals surface area contributed by atoms with Gasteiger partial charge in [-0.3, -0.25) is 10.1 Å². The lowest BCUT2D eigenvalue weighted by Gasteiger charge is -2.26. The van der Waals surface area contributed by atoms with Crippen LogP contribution in [0.25, 0.3) is 0 Å². The van der Waals surface area contributed by atoms with Gasteiger partial charge in [-0.2, -0.15) is 22.0 Å². The SMILES string of the molecule is Cl.N[C@H](c1cc([N+](=O)[O-])ccc1F)C(F)(F)C(F)(F)F. The first-order chi connectivity index (χ1) is 8.48. The van der Waals surface area contributed by atoms with E-state index in [1.165, 1.54) is 0 Å². The van der Waals surface area contributed by atoms with E-state index < -0.39 is 40.1 Å². The second-order valence-electron chi connectivity index (χ2n) is 3.56. The summed E-state index contributed by atoms with van der Waals surface area (Å²) in [5.74, 6) is -6.90. The van der Waals surface area contributed by atoms with E-state index in [0.29, 0.717) is 12.1 Å². The molecule has 4 nitrogen and oxygen atoms in total. The van der Waals surface area contributed by atoms with Gasteiger partial charge in [0.2, 0.25) is 0 Å². The van der Waals surface area contributed by atoms with Crippen LogP contribution in [0.15, 0.2) is 18.2 Å². The predicted octanol–water partition coefficient (Wildman–Crippen LogP) is 3.35. The summed E-state index contributed by atoms with van der Waals surface area (Å²) in [5.41, 5.74) is 2.57. The van der Waals surface area contributed by atoms with Crippen LogP contribution in [0.4, 0.5) is 32.0 Å². The summed E-state index contributed by atoms with van der Waals surface area (Å²) < 4.78 is 75.3. The maximum Gasteiger partial charge on any atom is 0.455 e.